The minimum Gasteiger partial charge on any atom is -0.478 e. The highest BCUT2D eigenvalue weighted by molar-refractivity contribution is 7.76. The monoisotopic (exact) mass is 354 g/mol. The molecule has 0 saturated heterocycles. The SMILES string of the molecule is CCCCN(C1CCc2ccc(C(=O)O)c(C(N)=O)c2C1)S(=O)O. The molecular formula is C16H22N2O5S. The largest absolute Gasteiger partial charge is 0.478 e. The number of nitrogens with zero attached hydrogens (tertiary/aromatic N) is 1. The van der Waals surface area contributed by atoms with Gasteiger partial charge in [0.2, 0.25) is 17.2 Å². The standard InChI is InChI=1S/C16H22N2O5S/c1-2-3-8-18(24(22)23)11-6-4-10-5-7-12(16(20)21)14(15(17)19)13(10)9-11/h5,7,11H,2-4,6,8-9H2,1H3,(H2,17,19)(H,20,21)(H,22,23). The first-order valence-electron chi connectivity index (χ1n) is 7.92. The van der Waals surface area contributed by atoms with Crippen LogP contribution in [-0.4, -0.2) is 42.6 Å². The summed E-state index contributed by atoms with van der Waals surface area (Å²) in [5.74, 6) is -1.99. The molecule has 0 spiro atoms. The zero-order valence-electron chi connectivity index (χ0n) is 13.5. The van der Waals surface area contributed by atoms with E-state index in [4.69, 9.17) is 5.73 Å². The number of carbonyl (C=O) groups is 2. The number of nitrogens with two attached hydrogens (primary N) is 1. The minimum absolute atomic E-state index is 0.0175. The van der Waals surface area contributed by atoms with Crippen LogP contribution in [0.2, 0.25) is 0 Å². The van der Waals surface area contributed by atoms with Crippen LogP contribution in [0.1, 0.15) is 58.0 Å². The third-order valence-electron chi connectivity index (χ3n) is 4.41. The summed E-state index contributed by atoms with van der Waals surface area (Å²) in [7, 11) is 0. The number of primary amides is 1. The van der Waals surface area contributed by atoms with Crippen LogP contribution in [0.25, 0.3) is 0 Å². The predicted molar refractivity (Wildman–Crippen MR) is 90.1 cm³/mol. The summed E-state index contributed by atoms with van der Waals surface area (Å²) in [6.07, 6.45) is 3.30. The Kier molecular flexibility index (Phi) is 6.09. The molecule has 132 valence electrons. The minimum atomic E-state index is -2.11. The normalized spacial score (nSPS) is 18.2. The van der Waals surface area contributed by atoms with Crippen LogP contribution in [0.15, 0.2) is 12.1 Å². The van der Waals surface area contributed by atoms with E-state index >= 15 is 0 Å². The van der Waals surface area contributed by atoms with Crippen molar-refractivity contribution in [1.82, 2.24) is 4.31 Å². The van der Waals surface area contributed by atoms with Gasteiger partial charge in [-0.3, -0.25) is 9.35 Å². The summed E-state index contributed by atoms with van der Waals surface area (Å²) in [5.41, 5.74) is 6.78. The molecule has 0 fully saturated rings. The second kappa shape index (κ2) is 7.87. The molecule has 2 unspecified atom stereocenters. The van der Waals surface area contributed by atoms with Crippen LogP contribution < -0.4 is 5.73 Å². The third-order valence-corrected chi connectivity index (χ3v) is 5.30. The van der Waals surface area contributed by atoms with Gasteiger partial charge in [0.15, 0.2) is 0 Å². The Morgan fingerprint density at radius 1 is 1.42 bits per heavy atom. The van der Waals surface area contributed by atoms with Gasteiger partial charge in [0.05, 0.1) is 11.1 Å². The van der Waals surface area contributed by atoms with Crippen LogP contribution in [-0.2, 0) is 24.1 Å². The number of hydrogen-bond donors (Lipinski definition) is 3. The van der Waals surface area contributed by atoms with Crippen molar-refractivity contribution in [3.63, 3.8) is 0 Å². The zero-order valence-corrected chi connectivity index (χ0v) is 14.3. The first kappa shape index (κ1) is 18.6. The molecule has 2 rings (SSSR count). The first-order valence-corrected chi connectivity index (χ1v) is 8.98. The molecule has 7 nitrogen and oxygen atoms in total. The van der Waals surface area contributed by atoms with Crippen LogP contribution in [0.5, 0.6) is 0 Å². The quantitative estimate of drug-likeness (QED) is 0.642. The van der Waals surface area contributed by atoms with Crippen molar-refractivity contribution in [3.05, 3.63) is 34.4 Å². The lowest BCUT2D eigenvalue weighted by molar-refractivity contribution is 0.0691. The highest BCUT2D eigenvalue weighted by Crippen LogP contribution is 2.30. The molecule has 0 saturated carbocycles. The van der Waals surface area contributed by atoms with Crippen LogP contribution in [0.4, 0.5) is 0 Å². The maximum atomic E-state index is 11.8. The summed E-state index contributed by atoms with van der Waals surface area (Å²) in [6.45, 7) is 2.48. The van der Waals surface area contributed by atoms with Gasteiger partial charge >= 0.3 is 5.97 Å². The van der Waals surface area contributed by atoms with E-state index < -0.39 is 23.1 Å². The molecule has 4 N–H and O–H groups in total. The molecule has 1 aliphatic rings. The number of carboxylic acids is 1. The van der Waals surface area contributed by atoms with E-state index in [1.165, 1.54) is 10.4 Å². The number of benzene rings is 1. The van der Waals surface area contributed by atoms with Crippen molar-refractivity contribution >= 4 is 23.1 Å². The Morgan fingerprint density at radius 2 is 2.12 bits per heavy atom. The van der Waals surface area contributed by atoms with Crippen LogP contribution in [0, 0.1) is 0 Å². The lowest BCUT2D eigenvalue weighted by Crippen LogP contribution is -2.41. The topological polar surface area (TPSA) is 121 Å². The Labute approximate surface area is 143 Å². The number of rotatable bonds is 7. The number of carboxylic acid groups (broad SMARTS) is 1. The third kappa shape index (κ3) is 3.82. The van der Waals surface area contributed by atoms with E-state index in [-0.39, 0.29) is 17.2 Å². The fraction of sp³-hybridized carbons (Fsp3) is 0.500. The lowest BCUT2D eigenvalue weighted by atomic mass is 9.83. The lowest BCUT2D eigenvalue weighted by Gasteiger charge is -2.33. The van der Waals surface area contributed by atoms with Crippen LogP contribution >= 0.6 is 0 Å². The number of hydrogen-bond acceptors (Lipinski definition) is 3. The van der Waals surface area contributed by atoms with E-state index in [2.05, 4.69) is 0 Å². The number of carbonyl (C=O) groups excluding carboxylic acids is 1. The van der Waals surface area contributed by atoms with E-state index in [1.54, 1.807) is 6.07 Å². The van der Waals surface area contributed by atoms with Crippen molar-refractivity contribution in [3.8, 4) is 0 Å². The van der Waals surface area contributed by atoms with Gasteiger partial charge in [-0.2, -0.15) is 4.31 Å². The first-order chi connectivity index (χ1) is 11.4. The number of amides is 1. The maximum absolute atomic E-state index is 11.8. The Morgan fingerprint density at radius 3 is 2.67 bits per heavy atom. The summed E-state index contributed by atoms with van der Waals surface area (Å²) < 4.78 is 22.7. The average Bonchev–Trinajstić information content (AvgIpc) is 2.53. The van der Waals surface area contributed by atoms with Crippen molar-refractivity contribution in [2.75, 3.05) is 6.54 Å². The maximum Gasteiger partial charge on any atom is 0.336 e. The Balaban J connectivity index is 2.40. The molecule has 1 aromatic rings. The van der Waals surface area contributed by atoms with Gasteiger partial charge in [0, 0.05) is 12.6 Å². The fourth-order valence-electron chi connectivity index (χ4n) is 3.23. The van der Waals surface area contributed by atoms with Gasteiger partial charge in [-0.25, -0.2) is 9.00 Å². The zero-order chi connectivity index (χ0) is 17.9. The molecule has 0 bridgehead atoms. The second-order valence-electron chi connectivity index (χ2n) is 5.92. The highest BCUT2D eigenvalue weighted by Gasteiger charge is 2.31. The molecule has 2 atom stereocenters. The van der Waals surface area contributed by atoms with E-state index in [0.29, 0.717) is 31.4 Å². The summed E-state index contributed by atoms with van der Waals surface area (Å²) in [5, 5.41) is 9.29. The van der Waals surface area contributed by atoms with Crippen molar-refractivity contribution < 1.29 is 23.5 Å². The molecular weight excluding hydrogens is 332 g/mol. The molecule has 1 amide bonds. The fourth-order valence-corrected chi connectivity index (χ4v) is 3.95. The summed E-state index contributed by atoms with van der Waals surface area (Å²) in [6, 6.07) is 2.88. The molecule has 1 aromatic carbocycles. The number of aryl methyl sites for hydroxylation is 1. The van der Waals surface area contributed by atoms with E-state index in [1.807, 2.05) is 6.92 Å². The second-order valence-corrected chi connectivity index (χ2v) is 6.85. The van der Waals surface area contributed by atoms with Gasteiger partial charge in [-0.1, -0.05) is 19.4 Å². The van der Waals surface area contributed by atoms with Gasteiger partial charge in [-0.15, -0.1) is 0 Å². The van der Waals surface area contributed by atoms with Gasteiger partial charge in [0.1, 0.15) is 0 Å². The van der Waals surface area contributed by atoms with Gasteiger partial charge < -0.3 is 10.8 Å². The number of aromatic carboxylic acids is 1. The predicted octanol–water partition coefficient (Wildman–Crippen LogP) is 1.58. The Bertz CT molecular complexity index is 677. The number of fused-ring (bicyclic) bond motifs is 1. The van der Waals surface area contributed by atoms with Crippen molar-refractivity contribution in [2.24, 2.45) is 5.73 Å². The van der Waals surface area contributed by atoms with Gasteiger partial charge in [-0.05, 0) is 42.9 Å². The summed E-state index contributed by atoms with van der Waals surface area (Å²) in [4.78, 5) is 23.2. The molecule has 0 aromatic heterocycles. The Hall–Kier alpha value is -1.77. The van der Waals surface area contributed by atoms with E-state index in [0.717, 1.165) is 18.4 Å². The molecule has 8 heteroatoms. The van der Waals surface area contributed by atoms with Gasteiger partial charge in [0.25, 0.3) is 0 Å². The molecule has 24 heavy (non-hydrogen) atoms. The summed E-state index contributed by atoms with van der Waals surface area (Å²) >= 11 is -2.11. The van der Waals surface area contributed by atoms with Crippen LogP contribution in [0.3, 0.4) is 0 Å². The number of unbranched alkanes of at least 4 members (excludes halogenated alkanes) is 1. The molecule has 1 aliphatic carbocycles. The van der Waals surface area contributed by atoms with Crippen molar-refractivity contribution in [1.29, 1.82) is 0 Å². The average molecular weight is 354 g/mol. The van der Waals surface area contributed by atoms with Crippen molar-refractivity contribution in [2.45, 2.75) is 45.1 Å². The molecule has 0 radical (unpaired) electrons. The molecule has 0 aliphatic heterocycles. The highest BCUT2D eigenvalue weighted by atomic mass is 32.2. The van der Waals surface area contributed by atoms with E-state index in [9.17, 15) is 23.5 Å². The molecule has 0 heterocycles. The smallest absolute Gasteiger partial charge is 0.336 e.